The van der Waals surface area contributed by atoms with Gasteiger partial charge in [-0.05, 0) is 67.4 Å². The molecule has 2 amide bonds. The van der Waals surface area contributed by atoms with E-state index in [1.807, 2.05) is 42.5 Å². The fraction of sp³-hybridized carbons (Fsp3) is 0.316. The molecule has 2 aliphatic rings. The number of ether oxygens (including phenoxy) is 2. The summed E-state index contributed by atoms with van der Waals surface area (Å²) in [6.45, 7) is 2.52. The maximum Gasteiger partial charge on any atom is 0.324 e. The summed E-state index contributed by atoms with van der Waals surface area (Å²) in [5.74, 6) is 1.22. The number of hydrogen-bond donors (Lipinski definition) is 0. The molecule has 0 unspecified atom stereocenters. The average Bonchev–Trinajstić information content (AvgIpc) is 3.55. The number of rotatable bonds is 10. The maximum atomic E-state index is 14.4. The highest BCUT2D eigenvalue weighted by atomic mass is 32.2. The minimum Gasteiger partial charge on any atom is -0.497 e. The van der Waals surface area contributed by atoms with E-state index in [1.165, 1.54) is 15.1 Å². The van der Waals surface area contributed by atoms with Crippen LogP contribution in [0.2, 0.25) is 0 Å². The van der Waals surface area contributed by atoms with E-state index >= 15 is 0 Å². The number of methoxy groups -OCH3 is 2. The van der Waals surface area contributed by atoms with E-state index < -0.39 is 19.9 Å². The summed E-state index contributed by atoms with van der Waals surface area (Å²) < 4.78 is 65.1. The van der Waals surface area contributed by atoms with Crippen LogP contribution in [-0.4, -0.2) is 87.5 Å². The van der Waals surface area contributed by atoms with Gasteiger partial charge >= 0.3 is 6.03 Å². The van der Waals surface area contributed by atoms with E-state index in [0.29, 0.717) is 66.3 Å². The van der Waals surface area contributed by atoms with Crippen LogP contribution >= 0.6 is 0 Å². The summed E-state index contributed by atoms with van der Waals surface area (Å²) in [5, 5.41) is 0.324. The molecule has 272 valence electrons. The number of piperidine rings is 1. The molecular weight excluding hydrogens is 703 g/mol. The Labute approximate surface area is 304 Å². The number of sulfone groups is 1. The van der Waals surface area contributed by atoms with Gasteiger partial charge in [-0.2, -0.15) is 0 Å². The van der Waals surface area contributed by atoms with Gasteiger partial charge in [-0.1, -0.05) is 42.5 Å². The third-order valence-electron chi connectivity index (χ3n) is 10.1. The molecule has 2 aromatic heterocycles. The highest BCUT2D eigenvalue weighted by Crippen LogP contribution is 2.39. The molecule has 4 heterocycles. The van der Waals surface area contributed by atoms with Crippen molar-refractivity contribution in [1.29, 1.82) is 0 Å². The molecular formula is C38H41N5O7S2. The number of aromatic nitrogens is 2. The van der Waals surface area contributed by atoms with Gasteiger partial charge in [0.2, 0.25) is 0 Å². The van der Waals surface area contributed by atoms with Crippen molar-refractivity contribution >= 4 is 42.6 Å². The lowest BCUT2D eigenvalue weighted by Gasteiger charge is -2.35. The molecule has 0 spiro atoms. The molecule has 0 bridgehead atoms. The van der Waals surface area contributed by atoms with Crippen LogP contribution in [0.4, 0.5) is 10.5 Å². The molecule has 0 aliphatic carbocycles. The lowest BCUT2D eigenvalue weighted by Crippen LogP contribution is -2.44. The number of hydrogen-bond acceptors (Lipinski definition) is 9. The van der Waals surface area contributed by atoms with E-state index in [-0.39, 0.29) is 34.9 Å². The zero-order chi connectivity index (χ0) is 36.8. The topological polar surface area (TPSA) is 131 Å². The Hall–Kier alpha value is -4.92. The molecule has 0 N–H and O–H groups in total. The van der Waals surface area contributed by atoms with Gasteiger partial charge in [0.05, 0.1) is 55.0 Å². The normalized spacial score (nSPS) is 16.0. The second-order valence-corrected chi connectivity index (χ2v) is 17.5. The summed E-state index contributed by atoms with van der Waals surface area (Å²) in [4.78, 5) is 23.9. The van der Waals surface area contributed by atoms with E-state index in [9.17, 15) is 21.6 Å². The number of fused-ring (bicyclic) bond motifs is 3. The second-order valence-electron chi connectivity index (χ2n) is 13.3. The van der Waals surface area contributed by atoms with Crippen LogP contribution in [0.1, 0.15) is 29.5 Å². The van der Waals surface area contributed by atoms with Crippen LogP contribution in [0, 0.1) is 0 Å². The van der Waals surface area contributed by atoms with Crippen LogP contribution in [0.25, 0.3) is 22.3 Å². The monoisotopic (exact) mass is 743 g/mol. The molecule has 0 radical (unpaired) electrons. The smallest absolute Gasteiger partial charge is 0.324 e. The van der Waals surface area contributed by atoms with Crippen molar-refractivity contribution in [3.8, 4) is 22.8 Å². The SMILES string of the molecule is COc1ccc(CN2Cc3c(cnc4c3cc(-c3ccc(CN5CCC(S(C)(=O)=O)CC5)cc3)n4S(=O)(=O)c3ccccc3)N(C)C2=O)c(OC)c1. The first kappa shape index (κ1) is 35.5. The summed E-state index contributed by atoms with van der Waals surface area (Å²) >= 11 is 0. The molecule has 12 nitrogen and oxygen atoms in total. The number of anilines is 1. The Morgan fingerprint density at radius 2 is 1.58 bits per heavy atom. The van der Waals surface area contributed by atoms with Gasteiger partial charge in [-0.25, -0.2) is 30.6 Å². The summed E-state index contributed by atoms with van der Waals surface area (Å²) in [6, 6.07) is 23.1. The van der Waals surface area contributed by atoms with Crippen LogP contribution in [0.5, 0.6) is 11.5 Å². The van der Waals surface area contributed by atoms with Crippen LogP contribution < -0.4 is 14.4 Å². The molecule has 1 saturated heterocycles. The second kappa shape index (κ2) is 13.9. The molecule has 0 atom stereocenters. The van der Waals surface area contributed by atoms with Crippen molar-refractivity contribution in [2.45, 2.75) is 42.6 Å². The third kappa shape index (κ3) is 6.61. The summed E-state index contributed by atoms with van der Waals surface area (Å²) in [5.41, 5.74) is 4.61. The average molecular weight is 744 g/mol. The van der Waals surface area contributed by atoms with E-state index in [1.54, 1.807) is 68.8 Å². The van der Waals surface area contributed by atoms with Crippen molar-refractivity contribution in [3.63, 3.8) is 0 Å². The molecule has 5 aromatic rings. The van der Waals surface area contributed by atoms with Crippen LogP contribution in [-0.2, 0) is 39.5 Å². The Morgan fingerprint density at radius 1 is 0.865 bits per heavy atom. The van der Waals surface area contributed by atoms with Gasteiger partial charge in [-0.3, -0.25) is 9.80 Å². The molecule has 52 heavy (non-hydrogen) atoms. The Bertz CT molecular complexity index is 2350. The highest BCUT2D eigenvalue weighted by Gasteiger charge is 2.34. The number of amides is 2. The number of carbonyl (C=O) groups is 1. The van der Waals surface area contributed by atoms with Crippen molar-refractivity contribution < 1.29 is 31.1 Å². The minimum atomic E-state index is -4.11. The van der Waals surface area contributed by atoms with E-state index in [0.717, 1.165) is 16.7 Å². The van der Waals surface area contributed by atoms with Gasteiger partial charge in [-0.15, -0.1) is 0 Å². The first-order valence-electron chi connectivity index (χ1n) is 17.0. The van der Waals surface area contributed by atoms with Crippen LogP contribution in [0.3, 0.4) is 0 Å². The number of carbonyl (C=O) groups excluding carboxylic acids is 1. The third-order valence-corrected chi connectivity index (χ3v) is 13.5. The molecule has 7 rings (SSSR count). The first-order valence-corrected chi connectivity index (χ1v) is 20.4. The molecule has 2 aliphatic heterocycles. The minimum absolute atomic E-state index is 0.128. The fourth-order valence-corrected chi connectivity index (χ4v) is 9.75. The molecule has 3 aromatic carbocycles. The fourth-order valence-electron chi connectivity index (χ4n) is 7.18. The summed E-state index contributed by atoms with van der Waals surface area (Å²) in [7, 11) is -2.32. The number of pyridine rings is 1. The molecule has 0 saturated carbocycles. The lowest BCUT2D eigenvalue weighted by molar-refractivity contribution is 0.196. The van der Waals surface area contributed by atoms with Crippen molar-refractivity contribution in [1.82, 2.24) is 18.8 Å². The first-order chi connectivity index (χ1) is 24.9. The number of urea groups is 1. The predicted octanol–water partition coefficient (Wildman–Crippen LogP) is 5.54. The van der Waals surface area contributed by atoms with E-state index in [4.69, 9.17) is 9.47 Å². The zero-order valence-corrected chi connectivity index (χ0v) is 31.2. The number of nitrogens with zero attached hydrogens (tertiary/aromatic N) is 5. The predicted molar refractivity (Wildman–Crippen MR) is 200 cm³/mol. The van der Waals surface area contributed by atoms with Gasteiger partial charge in [0.1, 0.15) is 21.3 Å². The molecule has 14 heteroatoms. The van der Waals surface area contributed by atoms with Crippen molar-refractivity contribution in [3.05, 3.63) is 102 Å². The maximum absolute atomic E-state index is 14.4. The van der Waals surface area contributed by atoms with Crippen LogP contribution in [0.15, 0.2) is 90.0 Å². The quantitative estimate of drug-likeness (QED) is 0.181. The van der Waals surface area contributed by atoms with Crippen molar-refractivity contribution in [2.24, 2.45) is 0 Å². The number of benzene rings is 3. The van der Waals surface area contributed by atoms with E-state index in [2.05, 4.69) is 9.88 Å². The molecule has 1 fully saturated rings. The van der Waals surface area contributed by atoms with Gasteiger partial charge in [0.15, 0.2) is 5.65 Å². The van der Waals surface area contributed by atoms with Gasteiger partial charge in [0.25, 0.3) is 10.0 Å². The Morgan fingerprint density at radius 3 is 2.23 bits per heavy atom. The largest absolute Gasteiger partial charge is 0.497 e. The van der Waals surface area contributed by atoms with Crippen molar-refractivity contribution in [2.75, 3.05) is 45.5 Å². The highest BCUT2D eigenvalue weighted by molar-refractivity contribution is 7.91. The van der Waals surface area contributed by atoms with Gasteiger partial charge in [0, 0.05) is 42.4 Å². The summed E-state index contributed by atoms with van der Waals surface area (Å²) in [6.07, 6.45) is 4.09. The lowest BCUT2D eigenvalue weighted by atomic mass is 10.0. The standard InChI is InChI=1S/C38H41N5O7S2/c1-40-35-22-39-37-32(33(35)25-42(38(40)44)24-28-14-15-29(49-2)20-36(28)50-3)21-34(43(37)52(47,48)31-8-6-5-7-9-31)27-12-10-26(11-13-27)23-41-18-16-30(17-19-41)51(4,45)46/h5-15,20-22,30H,16-19,23-25H2,1-4H3. The van der Waals surface area contributed by atoms with Gasteiger partial charge < -0.3 is 14.4 Å². The Balaban J connectivity index is 1.27. The Kier molecular flexibility index (Phi) is 9.48. The number of likely N-dealkylation sites (tertiary alicyclic amines) is 1. The zero-order valence-electron chi connectivity index (χ0n) is 29.5.